The highest BCUT2D eigenvalue weighted by atomic mass is 16.6. The van der Waals surface area contributed by atoms with Crippen LogP contribution in [0.15, 0.2) is 104 Å². The molecule has 7 nitrogen and oxygen atoms in total. The van der Waals surface area contributed by atoms with E-state index < -0.39 is 16.7 Å². The summed E-state index contributed by atoms with van der Waals surface area (Å²) in [5, 5.41) is 22.9. The molecule has 1 aromatic heterocycles. The summed E-state index contributed by atoms with van der Waals surface area (Å²) < 4.78 is 7.68. The van der Waals surface area contributed by atoms with Crippen molar-refractivity contribution in [3.8, 4) is 0 Å². The van der Waals surface area contributed by atoms with Gasteiger partial charge in [-0.3, -0.25) is 0 Å². The second-order valence-corrected chi connectivity index (χ2v) is 13.3. The summed E-state index contributed by atoms with van der Waals surface area (Å²) >= 11 is 0. The monoisotopic (exact) mass is 579 g/mol. The number of benzene rings is 3. The van der Waals surface area contributed by atoms with Crippen LogP contribution in [0.1, 0.15) is 62.4 Å². The number of carbonyl (C=O) groups excluding carboxylic acids is 1. The largest absolute Gasteiger partial charge is 0.444 e. The number of aliphatic hydroxyl groups excluding tert-OH is 1. The quantitative estimate of drug-likeness (QED) is 0.252. The average Bonchev–Trinajstić information content (AvgIpc) is 3.44. The molecular formula is C36H41N3O4. The maximum absolute atomic E-state index is 12.6. The van der Waals surface area contributed by atoms with Crippen molar-refractivity contribution < 1.29 is 19.7 Å². The highest BCUT2D eigenvalue weighted by Crippen LogP contribution is 2.59. The number of hydrogen-bond acceptors (Lipinski definition) is 5. The van der Waals surface area contributed by atoms with Gasteiger partial charge in [-0.2, -0.15) is 0 Å². The van der Waals surface area contributed by atoms with Crippen LogP contribution in [0.5, 0.6) is 0 Å². The second-order valence-electron chi connectivity index (χ2n) is 13.3. The van der Waals surface area contributed by atoms with Crippen LogP contribution in [0, 0.1) is 11.3 Å². The highest BCUT2D eigenvalue weighted by molar-refractivity contribution is 5.69. The van der Waals surface area contributed by atoms with Gasteiger partial charge >= 0.3 is 6.09 Å². The minimum atomic E-state index is -1.33. The van der Waals surface area contributed by atoms with Crippen LogP contribution >= 0.6 is 0 Å². The van der Waals surface area contributed by atoms with Crippen LogP contribution in [0.3, 0.4) is 0 Å². The maximum atomic E-state index is 12.6. The summed E-state index contributed by atoms with van der Waals surface area (Å²) in [5.41, 5.74) is 1.05. The molecule has 7 heteroatoms. The third-order valence-corrected chi connectivity index (χ3v) is 9.25. The van der Waals surface area contributed by atoms with Gasteiger partial charge in [0.05, 0.1) is 18.2 Å². The van der Waals surface area contributed by atoms with Gasteiger partial charge in [-0.1, -0.05) is 91.0 Å². The van der Waals surface area contributed by atoms with Crippen molar-refractivity contribution in [1.82, 2.24) is 14.5 Å². The van der Waals surface area contributed by atoms with Crippen molar-refractivity contribution in [3.05, 3.63) is 126 Å². The Hall–Kier alpha value is -3.94. The number of likely N-dealkylation sites (tertiary alicyclic amines) is 1. The molecule has 6 rings (SSSR count). The Bertz CT molecular complexity index is 1440. The van der Waals surface area contributed by atoms with Gasteiger partial charge in [0.25, 0.3) is 0 Å². The molecule has 1 unspecified atom stereocenters. The van der Waals surface area contributed by atoms with Crippen molar-refractivity contribution in [1.29, 1.82) is 0 Å². The molecule has 4 aromatic rings. The molecule has 0 bridgehead atoms. The zero-order valence-electron chi connectivity index (χ0n) is 25.2. The summed E-state index contributed by atoms with van der Waals surface area (Å²) in [6.07, 6.45) is 4.98. The molecule has 43 heavy (non-hydrogen) atoms. The number of amides is 1. The molecular weight excluding hydrogens is 538 g/mol. The van der Waals surface area contributed by atoms with Crippen molar-refractivity contribution in [2.45, 2.75) is 56.8 Å². The maximum Gasteiger partial charge on any atom is 0.410 e. The van der Waals surface area contributed by atoms with Gasteiger partial charge in [0.2, 0.25) is 0 Å². The number of aromatic nitrogens is 2. The van der Waals surface area contributed by atoms with Gasteiger partial charge < -0.3 is 24.4 Å². The Labute approximate surface area is 253 Å². The van der Waals surface area contributed by atoms with Gasteiger partial charge in [-0.15, -0.1) is 0 Å². The second kappa shape index (κ2) is 11.0. The molecule has 2 heterocycles. The van der Waals surface area contributed by atoms with Gasteiger partial charge in [0.1, 0.15) is 16.7 Å². The minimum absolute atomic E-state index is 0.0365. The van der Waals surface area contributed by atoms with Crippen LogP contribution in [0.25, 0.3) is 0 Å². The van der Waals surface area contributed by atoms with E-state index in [0.29, 0.717) is 18.8 Å². The molecule has 1 spiro atoms. The highest BCUT2D eigenvalue weighted by Gasteiger charge is 2.60. The van der Waals surface area contributed by atoms with Gasteiger partial charge in [-0.25, -0.2) is 9.78 Å². The lowest BCUT2D eigenvalue weighted by molar-refractivity contribution is -0.170. The van der Waals surface area contributed by atoms with Crippen LogP contribution in [-0.4, -0.2) is 56.1 Å². The predicted octanol–water partition coefficient (Wildman–Crippen LogP) is 5.94. The SMILES string of the molecule is CC(C)(C)OC(=O)N1CC2(CC(C(O)(CCO)c3cncn3C(c3ccccc3)(c3ccccc3)c3ccccc3)C2)C1. The molecule has 2 aliphatic rings. The van der Waals surface area contributed by atoms with E-state index in [-0.39, 0.29) is 30.5 Å². The average molecular weight is 580 g/mol. The van der Waals surface area contributed by atoms with Gasteiger partial charge in [0, 0.05) is 31.5 Å². The Balaban J connectivity index is 1.41. The topological polar surface area (TPSA) is 87.8 Å². The molecule has 3 aromatic carbocycles. The minimum Gasteiger partial charge on any atom is -0.444 e. The fourth-order valence-corrected chi connectivity index (χ4v) is 7.35. The lowest BCUT2D eigenvalue weighted by atomic mass is 9.52. The number of hydrogen-bond donors (Lipinski definition) is 2. The first-order valence-corrected chi connectivity index (χ1v) is 15.1. The van der Waals surface area contributed by atoms with E-state index in [1.54, 1.807) is 11.1 Å². The third-order valence-electron chi connectivity index (χ3n) is 9.25. The van der Waals surface area contributed by atoms with E-state index in [0.717, 1.165) is 29.5 Å². The van der Waals surface area contributed by atoms with E-state index in [1.807, 2.05) is 81.7 Å². The lowest BCUT2D eigenvalue weighted by Crippen LogP contribution is -2.66. The first-order chi connectivity index (χ1) is 20.6. The number of carbonyl (C=O) groups is 1. The van der Waals surface area contributed by atoms with Crippen molar-refractivity contribution in [2.75, 3.05) is 19.7 Å². The fourth-order valence-electron chi connectivity index (χ4n) is 7.35. The fraction of sp³-hybridized carbons (Fsp3) is 0.389. The van der Waals surface area contributed by atoms with Crippen molar-refractivity contribution >= 4 is 6.09 Å². The van der Waals surface area contributed by atoms with Crippen molar-refractivity contribution in [2.24, 2.45) is 11.3 Å². The molecule has 1 aliphatic heterocycles. The summed E-state index contributed by atoms with van der Waals surface area (Å²) in [4.78, 5) is 19.0. The molecule has 1 atom stereocenters. The van der Waals surface area contributed by atoms with E-state index >= 15 is 0 Å². The number of aliphatic hydroxyl groups is 2. The smallest absolute Gasteiger partial charge is 0.410 e. The summed E-state index contributed by atoms with van der Waals surface area (Å²) in [6, 6.07) is 31.0. The molecule has 1 amide bonds. The standard InChI is InChI=1S/C36H41N3O4/c1-33(2,3)43-32(41)38-24-34(25-38)21-30(22-34)35(42,19-20-40)31-23-37-26-39(31)36(27-13-7-4-8-14-27,28-15-9-5-10-16-28)29-17-11-6-12-18-29/h4-18,23,26,30,40,42H,19-22,24-25H2,1-3H3. The van der Waals surface area contributed by atoms with Crippen LogP contribution in [0.2, 0.25) is 0 Å². The Morgan fingerprint density at radius 2 is 1.37 bits per heavy atom. The van der Waals surface area contributed by atoms with Crippen LogP contribution in [-0.2, 0) is 15.9 Å². The number of ether oxygens (including phenoxy) is 1. The van der Waals surface area contributed by atoms with E-state index in [9.17, 15) is 15.0 Å². The summed E-state index contributed by atoms with van der Waals surface area (Å²) in [6.45, 7) is 6.70. The molecule has 1 saturated heterocycles. The summed E-state index contributed by atoms with van der Waals surface area (Å²) in [7, 11) is 0. The van der Waals surface area contributed by atoms with E-state index in [1.165, 1.54) is 0 Å². The molecule has 224 valence electrons. The van der Waals surface area contributed by atoms with Crippen LogP contribution < -0.4 is 0 Å². The zero-order valence-corrected chi connectivity index (χ0v) is 25.2. The van der Waals surface area contributed by atoms with E-state index in [4.69, 9.17) is 4.74 Å². The van der Waals surface area contributed by atoms with Crippen molar-refractivity contribution in [3.63, 3.8) is 0 Å². The van der Waals surface area contributed by atoms with Crippen LogP contribution in [0.4, 0.5) is 4.79 Å². The van der Waals surface area contributed by atoms with Gasteiger partial charge in [-0.05, 0) is 56.2 Å². The Morgan fingerprint density at radius 1 is 0.884 bits per heavy atom. The summed E-state index contributed by atoms with van der Waals surface area (Å²) in [5.74, 6) is -0.101. The molecule has 2 fully saturated rings. The predicted molar refractivity (Wildman–Crippen MR) is 165 cm³/mol. The van der Waals surface area contributed by atoms with Gasteiger partial charge in [0.15, 0.2) is 0 Å². The number of imidazole rings is 1. The molecule has 2 N–H and O–H groups in total. The first-order valence-electron chi connectivity index (χ1n) is 15.1. The Kier molecular flexibility index (Phi) is 7.43. The Morgan fingerprint density at radius 3 is 1.81 bits per heavy atom. The number of rotatable bonds is 8. The molecule has 0 radical (unpaired) electrons. The normalized spacial score (nSPS) is 18.0. The molecule has 1 saturated carbocycles. The third kappa shape index (κ3) is 5.04. The number of nitrogens with zero attached hydrogens (tertiary/aromatic N) is 3. The zero-order chi connectivity index (χ0) is 30.3. The van der Waals surface area contributed by atoms with E-state index in [2.05, 4.69) is 45.9 Å². The lowest BCUT2D eigenvalue weighted by Gasteiger charge is -2.61. The molecule has 1 aliphatic carbocycles. The first kappa shape index (κ1) is 29.1.